The third-order valence-electron chi connectivity index (χ3n) is 3.61. The van der Waals surface area contributed by atoms with Crippen molar-refractivity contribution >= 4 is 17.8 Å². The van der Waals surface area contributed by atoms with Crippen molar-refractivity contribution in [1.29, 1.82) is 5.26 Å². The number of hydrogen-bond acceptors (Lipinski definition) is 4. The quantitative estimate of drug-likeness (QED) is 0.260. The number of alkyl halides is 7. The van der Waals surface area contributed by atoms with E-state index in [-0.39, 0.29) is 22.9 Å². The molecule has 0 aliphatic rings. The molecule has 0 saturated carbocycles. The van der Waals surface area contributed by atoms with Crippen LogP contribution in [0, 0.1) is 11.3 Å². The Morgan fingerprint density at radius 2 is 1.67 bits per heavy atom. The SMILES string of the molecule is N#Cc1ccc(COc2ccc(Cl)cc2/C=N\NC(F)(F)C(F)(F)C(F)(F)F)cc1. The molecule has 0 atom stereocenters. The minimum Gasteiger partial charge on any atom is -0.488 e. The van der Waals surface area contributed by atoms with Crippen LogP contribution in [0.3, 0.4) is 0 Å². The van der Waals surface area contributed by atoms with E-state index >= 15 is 0 Å². The van der Waals surface area contributed by atoms with E-state index in [0.717, 1.165) is 0 Å². The second-order valence-corrected chi connectivity index (χ2v) is 6.23. The normalized spacial score (nSPS) is 12.6. The highest BCUT2D eigenvalue weighted by Crippen LogP contribution is 2.45. The Morgan fingerprint density at radius 1 is 1.03 bits per heavy atom. The van der Waals surface area contributed by atoms with E-state index in [4.69, 9.17) is 21.6 Å². The monoisotopic (exact) mass is 453 g/mol. The molecule has 2 aromatic rings. The molecule has 0 aliphatic heterocycles. The molecule has 0 heterocycles. The van der Waals surface area contributed by atoms with Gasteiger partial charge in [0.1, 0.15) is 12.4 Å². The van der Waals surface area contributed by atoms with Crippen LogP contribution in [-0.2, 0) is 6.61 Å². The predicted octanol–water partition coefficient (Wildman–Crippen LogP) is 5.50. The number of ether oxygens (including phenoxy) is 1. The summed E-state index contributed by atoms with van der Waals surface area (Å²) in [6.45, 7) is -0.0239. The molecular weight excluding hydrogens is 443 g/mol. The lowest BCUT2D eigenvalue weighted by Crippen LogP contribution is -2.58. The number of nitrogens with zero attached hydrogens (tertiary/aromatic N) is 2. The van der Waals surface area contributed by atoms with Crippen LogP contribution in [0.2, 0.25) is 5.02 Å². The highest BCUT2D eigenvalue weighted by molar-refractivity contribution is 6.30. The Labute approximate surface area is 170 Å². The highest BCUT2D eigenvalue weighted by Gasteiger charge is 2.73. The van der Waals surface area contributed by atoms with Gasteiger partial charge in [-0.25, -0.2) is 5.43 Å². The second kappa shape index (κ2) is 8.79. The van der Waals surface area contributed by atoms with Crippen LogP contribution in [0.1, 0.15) is 16.7 Å². The van der Waals surface area contributed by atoms with Crippen LogP contribution in [0.4, 0.5) is 30.7 Å². The van der Waals surface area contributed by atoms with Gasteiger partial charge in [0, 0.05) is 10.6 Å². The van der Waals surface area contributed by atoms with Gasteiger partial charge in [-0.2, -0.15) is 41.1 Å². The molecule has 0 amide bonds. The molecule has 2 aromatic carbocycles. The summed E-state index contributed by atoms with van der Waals surface area (Å²) in [5, 5.41) is 11.7. The summed E-state index contributed by atoms with van der Waals surface area (Å²) in [6, 6.07) is 6.41. The molecule has 0 aliphatic carbocycles. The largest absolute Gasteiger partial charge is 0.488 e. The zero-order chi connectivity index (χ0) is 22.6. The summed E-state index contributed by atoms with van der Waals surface area (Å²) in [5.41, 5.74) is 1.52. The van der Waals surface area contributed by atoms with Crippen molar-refractivity contribution in [3.8, 4) is 11.8 Å². The maximum atomic E-state index is 13.2. The Kier molecular flexibility index (Phi) is 6.82. The first-order valence-electron chi connectivity index (χ1n) is 7.91. The van der Waals surface area contributed by atoms with E-state index in [1.54, 1.807) is 12.1 Å². The van der Waals surface area contributed by atoms with Gasteiger partial charge in [-0.05, 0) is 35.9 Å². The molecule has 2 rings (SSSR count). The van der Waals surface area contributed by atoms with Gasteiger partial charge in [-0.15, -0.1) is 0 Å². The molecule has 0 aromatic heterocycles. The third-order valence-corrected chi connectivity index (χ3v) is 3.84. The average molecular weight is 454 g/mol. The summed E-state index contributed by atoms with van der Waals surface area (Å²) in [5.74, 6) is -6.30. The van der Waals surface area contributed by atoms with E-state index < -0.39 is 18.1 Å². The minimum absolute atomic E-state index is 0.0239. The first-order chi connectivity index (χ1) is 13.9. The number of nitrogens with one attached hydrogen (secondary N) is 1. The lowest BCUT2D eigenvalue weighted by molar-refractivity contribution is -0.361. The number of hydrazone groups is 1. The lowest BCUT2D eigenvalue weighted by Gasteiger charge is -2.27. The molecule has 4 nitrogen and oxygen atoms in total. The first kappa shape index (κ1) is 23.3. The molecular formula is C18H11ClF7N3O. The fraction of sp³-hybridized carbons (Fsp3) is 0.222. The Balaban J connectivity index is 2.15. The zero-order valence-electron chi connectivity index (χ0n) is 14.7. The third kappa shape index (κ3) is 5.33. The van der Waals surface area contributed by atoms with Crippen LogP contribution >= 0.6 is 11.6 Å². The van der Waals surface area contributed by atoms with Crippen LogP contribution in [0.25, 0.3) is 0 Å². The van der Waals surface area contributed by atoms with Gasteiger partial charge in [-0.3, -0.25) is 0 Å². The molecule has 30 heavy (non-hydrogen) atoms. The van der Waals surface area contributed by atoms with Crippen LogP contribution in [0.5, 0.6) is 5.75 Å². The molecule has 0 unspecified atom stereocenters. The highest BCUT2D eigenvalue weighted by atomic mass is 35.5. The van der Waals surface area contributed by atoms with Gasteiger partial charge < -0.3 is 4.74 Å². The van der Waals surface area contributed by atoms with Crippen molar-refractivity contribution in [1.82, 2.24) is 5.43 Å². The first-order valence-corrected chi connectivity index (χ1v) is 8.29. The molecule has 0 bridgehead atoms. The van der Waals surface area contributed by atoms with E-state index in [1.165, 1.54) is 30.3 Å². The fourth-order valence-corrected chi connectivity index (χ4v) is 2.20. The van der Waals surface area contributed by atoms with E-state index in [9.17, 15) is 30.7 Å². The standard InChI is InChI=1S/C18H11ClF7N3O/c19-14-5-6-15(30-10-12-3-1-11(8-27)2-4-12)13(7-14)9-28-29-18(25,26)16(20,21)17(22,23)24/h1-7,9,29H,10H2/b28-9-. The molecule has 0 radical (unpaired) electrons. The number of rotatable bonds is 7. The van der Waals surface area contributed by atoms with Crippen molar-refractivity contribution in [2.75, 3.05) is 0 Å². The maximum Gasteiger partial charge on any atom is 0.462 e. The van der Waals surface area contributed by atoms with E-state index in [2.05, 4.69) is 5.10 Å². The lowest BCUT2D eigenvalue weighted by atomic mass is 10.1. The van der Waals surface area contributed by atoms with Gasteiger partial charge in [0.05, 0.1) is 17.8 Å². The number of nitriles is 1. The van der Waals surface area contributed by atoms with Crippen molar-refractivity contribution in [3.63, 3.8) is 0 Å². The van der Waals surface area contributed by atoms with E-state index in [0.29, 0.717) is 22.8 Å². The van der Waals surface area contributed by atoms with Gasteiger partial charge in [0.2, 0.25) is 0 Å². The van der Waals surface area contributed by atoms with Crippen molar-refractivity contribution in [2.24, 2.45) is 5.10 Å². The van der Waals surface area contributed by atoms with Crippen LogP contribution in [-0.4, -0.2) is 24.4 Å². The Morgan fingerprint density at radius 3 is 2.23 bits per heavy atom. The summed E-state index contributed by atoms with van der Waals surface area (Å²) >= 11 is 5.78. The smallest absolute Gasteiger partial charge is 0.462 e. The average Bonchev–Trinajstić information content (AvgIpc) is 2.66. The van der Waals surface area contributed by atoms with Gasteiger partial charge >= 0.3 is 18.1 Å². The molecule has 0 spiro atoms. The Hall–Kier alpha value is -3.00. The van der Waals surface area contributed by atoms with Gasteiger partial charge in [0.15, 0.2) is 0 Å². The van der Waals surface area contributed by atoms with Crippen LogP contribution in [0.15, 0.2) is 47.6 Å². The minimum atomic E-state index is -6.48. The predicted molar refractivity (Wildman–Crippen MR) is 93.6 cm³/mol. The molecule has 12 heteroatoms. The van der Waals surface area contributed by atoms with Crippen molar-refractivity contribution in [3.05, 3.63) is 64.2 Å². The van der Waals surface area contributed by atoms with E-state index in [1.807, 2.05) is 6.07 Å². The summed E-state index contributed by atoms with van der Waals surface area (Å²) in [6.07, 6.45) is -5.91. The second-order valence-electron chi connectivity index (χ2n) is 5.80. The summed E-state index contributed by atoms with van der Waals surface area (Å²) in [7, 11) is 0. The van der Waals surface area contributed by atoms with Crippen molar-refractivity contribution in [2.45, 2.75) is 24.8 Å². The summed E-state index contributed by atoms with van der Waals surface area (Å²) in [4.78, 5) is 0. The summed E-state index contributed by atoms with van der Waals surface area (Å²) < 4.78 is 94.1. The molecule has 1 N–H and O–H groups in total. The van der Waals surface area contributed by atoms with Crippen molar-refractivity contribution < 1.29 is 35.5 Å². The van der Waals surface area contributed by atoms with Crippen LogP contribution < -0.4 is 10.2 Å². The number of halogens is 8. The van der Waals surface area contributed by atoms with Gasteiger partial charge in [-0.1, -0.05) is 23.7 Å². The molecule has 0 saturated heterocycles. The maximum absolute atomic E-state index is 13.2. The van der Waals surface area contributed by atoms with Gasteiger partial charge in [0.25, 0.3) is 0 Å². The molecule has 0 fully saturated rings. The molecule has 160 valence electrons. The number of hydrogen-bond donors (Lipinski definition) is 1. The number of benzene rings is 2. The topological polar surface area (TPSA) is 57.4 Å². The Bertz CT molecular complexity index is 954. The fourth-order valence-electron chi connectivity index (χ4n) is 2.02. The zero-order valence-corrected chi connectivity index (χ0v) is 15.4.